The van der Waals surface area contributed by atoms with E-state index in [9.17, 15) is 9.59 Å². The van der Waals surface area contributed by atoms with E-state index in [1.165, 1.54) is 0 Å². The Hall–Kier alpha value is -1.14. The van der Waals surface area contributed by atoms with E-state index in [1.807, 2.05) is 18.7 Å². The largest absolute Gasteiger partial charge is 0.481 e. The molecule has 0 aromatic carbocycles. The molecular formula is C14H26N2O4. The standard InChI is InChI=1S/C14H26N2O4/c1-11(2)16(7-3-4-14(18)19)10-13(17)15-12-5-8-20-9-6-12/h11-12H,3-10H2,1-2H3,(H,15,17)(H,18,19). The first-order chi connectivity index (χ1) is 9.49. The molecule has 0 atom stereocenters. The summed E-state index contributed by atoms with van der Waals surface area (Å²) in [5, 5.41) is 11.7. The van der Waals surface area contributed by atoms with E-state index < -0.39 is 5.97 Å². The minimum absolute atomic E-state index is 0.0147. The predicted octanol–water partition coefficient (Wildman–Crippen LogP) is 0.857. The second-order valence-corrected chi connectivity index (χ2v) is 5.52. The third-order valence-electron chi connectivity index (χ3n) is 3.50. The van der Waals surface area contributed by atoms with Gasteiger partial charge in [-0.25, -0.2) is 0 Å². The van der Waals surface area contributed by atoms with Crippen LogP contribution in [-0.4, -0.2) is 60.3 Å². The average Bonchev–Trinajstić information content (AvgIpc) is 2.38. The van der Waals surface area contributed by atoms with Crippen molar-refractivity contribution in [1.29, 1.82) is 0 Å². The van der Waals surface area contributed by atoms with Crippen molar-refractivity contribution in [2.24, 2.45) is 0 Å². The molecule has 0 aliphatic carbocycles. The Morgan fingerprint density at radius 2 is 2.00 bits per heavy atom. The molecule has 1 heterocycles. The summed E-state index contributed by atoms with van der Waals surface area (Å²) < 4.78 is 5.26. The first kappa shape index (κ1) is 16.9. The van der Waals surface area contributed by atoms with Crippen LogP contribution in [0.4, 0.5) is 0 Å². The van der Waals surface area contributed by atoms with E-state index >= 15 is 0 Å². The molecule has 0 bridgehead atoms. The lowest BCUT2D eigenvalue weighted by molar-refractivity contribution is -0.137. The highest BCUT2D eigenvalue weighted by Gasteiger charge is 2.19. The van der Waals surface area contributed by atoms with Gasteiger partial charge in [0.05, 0.1) is 6.54 Å². The fourth-order valence-corrected chi connectivity index (χ4v) is 2.25. The minimum atomic E-state index is -0.791. The number of nitrogens with zero attached hydrogens (tertiary/aromatic N) is 1. The van der Waals surface area contributed by atoms with Crippen LogP contribution in [0.5, 0.6) is 0 Å². The number of aliphatic carboxylic acids is 1. The van der Waals surface area contributed by atoms with Gasteiger partial charge < -0.3 is 15.2 Å². The molecule has 2 N–H and O–H groups in total. The highest BCUT2D eigenvalue weighted by Crippen LogP contribution is 2.07. The van der Waals surface area contributed by atoms with Crippen molar-refractivity contribution in [3.8, 4) is 0 Å². The molecule has 6 heteroatoms. The Balaban J connectivity index is 2.31. The van der Waals surface area contributed by atoms with Crippen LogP contribution < -0.4 is 5.32 Å². The second-order valence-electron chi connectivity index (χ2n) is 5.52. The number of ether oxygens (including phenoxy) is 1. The molecule has 6 nitrogen and oxygen atoms in total. The fourth-order valence-electron chi connectivity index (χ4n) is 2.25. The summed E-state index contributed by atoms with van der Waals surface area (Å²) in [6, 6.07) is 0.438. The number of rotatable bonds is 8. The van der Waals surface area contributed by atoms with E-state index in [4.69, 9.17) is 9.84 Å². The molecule has 0 spiro atoms. The maximum absolute atomic E-state index is 12.0. The van der Waals surface area contributed by atoms with Crippen LogP contribution in [0.25, 0.3) is 0 Å². The molecular weight excluding hydrogens is 260 g/mol. The molecule has 1 amide bonds. The summed E-state index contributed by atoms with van der Waals surface area (Å²) in [4.78, 5) is 24.6. The maximum Gasteiger partial charge on any atom is 0.303 e. The van der Waals surface area contributed by atoms with E-state index in [0.29, 0.717) is 32.7 Å². The summed E-state index contributed by atoms with van der Waals surface area (Å²) in [6.07, 6.45) is 2.45. The lowest BCUT2D eigenvalue weighted by atomic mass is 10.1. The molecule has 20 heavy (non-hydrogen) atoms. The molecule has 1 aliphatic heterocycles. The molecule has 1 fully saturated rings. The van der Waals surface area contributed by atoms with Crippen LogP contribution in [0, 0.1) is 0 Å². The van der Waals surface area contributed by atoms with Gasteiger partial charge in [-0.1, -0.05) is 0 Å². The molecule has 1 aliphatic rings. The van der Waals surface area contributed by atoms with E-state index in [0.717, 1.165) is 12.8 Å². The van der Waals surface area contributed by atoms with Gasteiger partial charge in [0.2, 0.25) is 5.91 Å². The smallest absolute Gasteiger partial charge is 0.303 e. The van der Waals surface area contributed by atoms with E-state index in [-0.39, 0.29) is 24.4 Å². The SMILES string of the molecule is CC(C)N(CCCC(=O)O)CC(=O)NC1CCOCC1. The van der Waals surface area contributed by atoms with Gasteiger partial charge in [0, 0.05) is 31.7 Å². The molecule has 1 rings (SSSR count). The number of carbonyl (C=O) groups is 2. The summed E-state index contributed by atoms with van der Waals surface area (Å²) >= 11 is 0. The van der Waals surface area contributed by atoms with Crippen LogP contribution in [0.15, 0.2) is 0 Å². The van der Waals surface area contributed by atoms with Crippen molar-refractivity contribution in [2.75, 3.05) is 26.3 Å². The molecule has 0 radical (unpaired) electrons. The van der Waals surface area contributed by atoms with Crippen molar-refractivity contribution in [3.05, 3.63) is 0 Å². The highest BCUT2D eigenvalue weighted by molar-refractivity contribution is 5.78. The van der Waals surface area contributed by atoms with Crippen molar-refractivity contribution in [1.82, 2.24) is 10.2 Å². The van der Waals surface area contributed by atoms with Crippen LogP contribution in [-0.2, 0) is 14.3 Å². The lowest BCUT2D eigenvalue weighted by Gasteiger charge is -2.28. The fraction of sp³-hybridized carbons (Fsp3) is 0.857. The molecule has 0 aromatic heterocycles. The minimum Gasteiger partial charge on any atom is -0.481 e. The van der Waals surface area contributed by atoms with Crippen LogP contribution in [0.2, 0.25) is 0 Å². The van der Waals surface area contributed by atoms with Crippen molar-refractivity contribution in [2.45, 2.75) is 51.6 Å². The van der Waals surface area contributed by atoms with Crippen molar-refractivity contribution in [3.63, 3.8) is 0 Å². The second kappa shape index (κ2) is 8.92. The van der Waals surface area contributed by atoms with Gasteiger partial charge in [-0.15, -0.1) is 0 Å². The number of amides is 1. The Labute approximate surface area is 120 Å². The zero-order valence-corrected chi connectivity index (χ0v) is 12.4. The third-order valence-corrected chi connectivity index (χ3v) is 3.50. The predicted molar refractivity (Wildman–Crippen MR) is 75.6 cm³/mol. The summed E-state index contributed by atoms with van der Waals surface area (Å²) in [5.74, 6) is -0.777. The van der Waals surface area contributed by atoms with Gasteiger partial charge in [0.25, 0.3) is 0 Å². The third kappa shape index (κ3) is 6.86. The summed E-state index contributed by atoms with van der Waals surface area (Å²) in [6.45, 7) is 6.40. The average molecular weight is 286 g/mol. The Morgan fingerprint density at radius 1 is 1.35 bits per heavy atom. The first-order valence-corrected chi connectivity index (χ1v) is 7.32. The Bertz CT molecular complexity index is 314. The summed E-state index contributed by atoms with van der Waals surface area (Å²) in [5.41, 5.74) is 0. The van der Waals surface area contributed by atoms with Gasteiger partial charge in [-0.05, 0) is 39.7 Å². The maximum atomic E-state index is 12.0. The number of hydrogen-bond donors (Lipinski definition) is 2. The normalized spacial score (nSPS) is 16.6. The van der Waals surface area contributed by atoms with E-state index in [2.05, 4.69) is 5.32 Å². The molecule has 0 unspecified atom stereocenters. The Kier molecular flexibility index (Phi) is 7.54. The van der Waals surface area contributed by atoms with Crippen molar-refractivity contribution >= 4 is 11.9 Å². The van der Waals surface area contributed by atoms with Crippen LogP contribution in [0.1, 0.15) is 39.5 Å². The van der Waals surface area contributed by atoms with E-state index in [1.54, 1.807) is 0 Å². The number of carboxylic acid groups (broad SMARTS) is 1. The monoisotopic (exact) mass is 286 g/mol. The summed E-state index contributed by atoms with van der Waals surface area (Å²) in [7, 11) is 0. The topological polar surface area (TPSA) is 78.9 Å². The van der Waals surface area contributed by atoms with Gasteiger partial charge in [0.15, 0.2) is 0 Å². The zero-order chi connectivity index (χ0) is 15.0. The van der Waals surface area contributed by atoms with Gasteiger partial charge in [-0.3, -0.25) is 14.5 Å². The van der Waals surface area contributed by atoms with Crippen molar-refractivity contribution < 1.29 is 19.4 Å². The van der Waals surface area contributed by atoms with Crippen LogP contribution in [0.3, 0.4) is 0 Å². The van der Waals surface area contributed by atoms with Gasteiger partial charge in [-0.2, -0.15) is 0 Å². The molecule has 0 aromatic rings. The van der Waals surface area contributed by atoms with Gasteiger partial charge in [0.1, 0.15) is 0 Å². The molecule has 1 saturated heterocycles. The number of nitrogens with one attached hydrogen (secondary N) is 1. The molecule has 0 saturated carbocycles. The number of carboxylic acids is 1. The highest BCUT2D eigenvalue weighted by atomic mass is 16.5. The lowest BCUT2D eigenvalue weighted by Crippen LogP contribution is -2.46. The first-order valence-electron chi connectivity index (χ1n) is 7.32. The quantitative estimate of drug-likeness (QED) is 0.692. The number of hydrogen-bond acceptors (Lipinski definition) is 4. The van der Waals surface area contributed by atoms with Crippen LogP contribution >= 0.6 is 0 Å². The Morgan fingerprint density at radius 3 is 2.55 bits per heavy atom. The molecule has 116 valence electrons. The zero-order valence-electron chi connectivity index (χ0n) is 12.4. The van der Waals surface area contributed by atoms with Gasteiger partial charge >= 0.3 is 5.97 Å². The number of carbonyl (C=O) groups excluding carboxylic acids is 1.